The first-order valence-electron chi connectivity index (χ1n) is 4.66. The Morgan fingerprint density at radius 3 is 2.88 bits per heavy atom. The van der Waals surface area contributed by atoms with Gasteiger partial charge in [0.2, 0.25) is 0 Å². The van der Waals surface area contributed by atoms with Gasteiger partial charge in [-0.25, -0.2) is 9.37 Å². The average molecular weight is 219 g/mol. The third-order valence-corrected chi connectivity index (χ3v) is 2.42. The van der Waals surface area contributed by atoms with Crippen molar-refractivity contribution in [2.75, 3.05) is 5.73 Å². The first-order chi connectivity index (χ1) is 7.63. The summed E-state index contributed by atoms with van der Waals surface area (Å²) in [5.41, 5.74) is 6.61. The van der Waals surface area contributed by atoms with Crippen molar-refractivity contribution in [3.8, 4) is 0 Å². The van der Waals surface area contributed by atoms with E-state index in [1.165, 1.54) is 18.3 Å². The molecule has 5 heteroatoms. The molecule has 0 radical (unpaired) electrons. The Morgan fingerprint density at radius 1 is 1.44 bits per heavy atom. The van der Waals surface area contributed by atoms with Crippen molar-refractivity contribution in [1.29, 1.82) is 0 Å². The Labute approximate surface area is 91.2 Å². The van der Waals surface area contributed by atoms with Gasteiger partial charge in [-0.3, -0.25) is 0 Å². The van der Waals surface area contributed by atoms with E-state index in [1.807, 2.05) is 0 Å². The van der Waals surface area contributed by atoms with Crippen LogP contribution in [0, 0.1) is 5.82 Å². The molecule has 16 heavy (non-hydrogen) atoms. The van der Waals surface area contributed by atoms with Crippen molar-refractivity contribution in [3.05, 3.63) is 35.8 Å². The number of fused-ring (bicyclic) bond motifs is 1. The number of nitrogens with zero attached hydrogens (tertiary/aromatic N) is 2. The van der Waals surface area contributed by atoms with Crippen LogP contribution in [0.1, 0.15) is 12.5 Å². The molecular formula is C11H10FN3O. The first-order valence-corrected chi connectivity index (χ1v) is 4.66. The smallest absolute Gasteiger partial charge is 0.131 e. The van der Waals surface area contributed by atoms with Gasteiger partial charge in [0, 0.05) is 17.1 Å². The maximum atomic E-state index is 13.2. The van der Waals surface area contributed by atoms with Crippen LogP contribution in [0.4, 0.5) is 10.2 Å². The molecule has 0 saturated carbocycles. The maximum absolute atomic E-state index is 13.2. The number of nitrogens with two attached hydrogens (primary N) is 1. The van der Waals surface area contributed by atoms with Crippen LogP contribution in [0.5, 0.6) is 0 Å². The summed E-state index contributed by atoms with van der Waals surface area (Å²) in [7, 11) is 0. The van der Waals surface area contributed by atoms with E-state index >= 15 is 0 Å². The third kappa shape index (κ3) is 1.56. The van der Waals surface area contributed by atoms with E-state index in [0.29, 0.717) is 27.9 Å². The van der Waals surface area contributed by atoms with Crippen LogP contribution in [-0.2, 0) is 0 Å². The third-order valence-electron chi connectivity index (χ3n) is 2.42. The molecule has 0 aliphatic carbocycles. The fraction of sp³-hybridized carbons (Fsp3) is 0.0909. The summed E-state index contributed by atoms with van der Waals surface area (Å²) >= 11 is 0. The number of benzene rings is 1. The molecule has 3 N–H and O–H groups in total. The quantitative estimate of drug-likeness (QED) is 0.438. The number of pyridine rings is 1. The molecule has 0 fully saturated rings. The summed E-state index contributed by atoms with van der Waals surface area (Å²) in [5.74, 6) is -0.0467. The molecule has 1 heterocycles. The van der Waals surface area contributed by atoms with Crippen LogP contribution in [0.2, 0.25) is 0 Å². The van der Waals surface area contributed by atoms with E-state index in [0.717, 1.165) is 0 Å². The Bertz CT molecular complexity index is 581. The molecule has 0 aliphatic rings. The summed E-state index contributed by atoms with van der Waals surface area (Å²) in [4.78, 5) is 3.97. The van der Waals surface area contributed by atoms with Crippen LogP contribution in [0.15, 0.2) is 29.6 Å². The zero-order valence-corrected chi connectivity index (χ0v) is 8.61. The molecule has 0 aliphatic heterocycles. The van der Waals surface area contributed by atoms with E-state index in [9.17, 15) is 4.39 Å². The fourth-order valence-electron chi connectivity index (χ4n) is 1.58. The van der Waals surface area contributed by atoms with Crippen LogP contribution in [0.3, 0.4) is 0 Å². The van der Waals surface area contributed by atoms with Crippen molar-refractivity contribution < 1.29 is 9.60 Å². The lowest BCUT2D eigenvalue weighted by Gasteiger charge is -2.06. The molecule has 1 aromatic carbocycles. The van der Waals surface area contributed by atoms with E-state index in [-0.39, 0.29) is 5.82 Å². The minimum atomic E-state index is -0.370. The largest absolute Gasteiger partial charge is 0.411 e. The predicted molar refractivity (Wildman–Crippen MR) is 60.1 cm³/mol. The Morgan fingerprint density at radius 2 is 2.19 bits per heavy atom. The molecule has 2 aromatic rings. The van der Waals surface area contributed by atoms with Gasteiger partial charge in [0.1, 0.15) is 11.6 Å². The predicted octanol–water partition coefficient (Wildman–Crippen LogP) is 2.15. The number of anilines is 1. The summed E-state index contributed by atoms with van der Waals surface area (Å²) in [6, 6.07) is 4.22. The standard InChI is InChI=1S/C11H10FN3O/c1-6(15-16)10-5-14-11(13)8-3-2-7(12)4-9(8)10/h2-5,16H,1H3,(H2,13,14)/b15-6-. The molecule has 82 valence electrons. The second kappa shape index (κ2) is 3.77. The van der Waals surface area contributed by atoms with Gasteiger partial charge in [-0.15, -0.1) is 0 Å². The highest BCUT2D eigenvalue weighted by Gasteiger charge is 2.09. The molecule has 0 saturated heterocycles. The second-order valence-electron chi connectivity index (χ2n) is 3.43. The molecule has 0 unspecified atom stereocenters. The summed E-state index contributed by atoms with van der Waals surface area (Å²) in [5, 5.41) is 13.0. The van der Waals surface area contributed by atoms with E-state index in [1.54, 1.807) is 13.0 Å². The van der Waals surface area contributed by atoms with Gasteiger partial charge in [0.15, 0.2) is 0 Å². The lowest BCUT2D eigenvalue weighted by molar-refractivity contribution is 0.319. The molecule has 0 spiro atoms. The molecule has 4 nitrogen and oxygen atoms in total. The van der Waals surface area contributed by atoms with Gasteiger partial charge in [-0.05, 0) is 30.5 Å². The van der Waals surface area contributed by atoms with Gasteiger partial charge in [-0.2, -0.15) is 0 Å². The molecular weight excluding hydrogens is 209 g/mol. The monoisotopic (exact) mass is 219 g/mol. The molecule has 0 atom stereocenters. The Kier molecular flexibility index (Phi) is 2.44. The number of hydrogen-bond acceptors (Lipinski definition) is 4. The van der Waals surface area contributed by atoms with Crippen molar-refractivity contribution >= 4 is 22.3 Å². The summed E-state index contributed by atoms with van der Waals surface area (Å²) in [6.45, 7) is 1.61. The summed E-state index contributed by atoms with van der Waals surface area (Å²) < 4.78 is 13.2. The molecule has 0 bridgehead atoms. The minimum Gasteiger partial charge on any atom is -0.411 e. The number of nitrogen functional groups attached to an aromatic ring is 1. The van der Waals surface area contributed by atoms with E-state index in [2.05, 4.69) is 10.1 Å². The topological polar surface area (TPSA) is 71.5 Å². The number of oxime groups is 1. The molecule has 2 rings (SSSR count). The van der Waals surface area contributed by atoms with E-state index in [4.69, 9.17) is 10.9 Å². The zero-order valence-electron chi connectivity index (χ0n) is 8.61. The Balaban J connectivity index is 2.86. The molecule has 1 aromatic heterocycles. The van der Waals surface area contributed by atoms with Crippen LogP contribution in [-0.4, -0.2) is 15.9 Å². The number of hydrogen-bond donors (Lipinski definition) is 2. The SMILES string of the molecule is C/C(=N/O)c1cnc(N)c2ccc(F)cc12. The average Bonchev–Trinajstić information content (AvgIpc) is 2.28. The van der Waals surface area contributed by atoms with E-state index < -0.39 is 0 Å². The van der Waals surface area contributed by atoms with Gasteiger partial charge in [0.05, 0.1) is 5.71 Å². The van der Waals surface area contributed by atoms with Crippen LogP contribution < -0.4 is 5.73 Å². The van der Waals surface area contributed by atoms with Crippen molar-refractivity contribution in [2.24, 2.45) is 5.16 Å². The maximum Gasteiger partial charge on any atom is 0.131 e. The summed E-state index contributed by atoms with van der Waals surface area (Å²) in [6.07, 6.45) is 1.46. The van der Waals surface area contributed by atoms with Crippen molar-refractivity contribution in [2.45, 2.75) is 6.92 Å². The number of rotatable bonds is 1. The van der Waals surface area contributed by atoms with Gasteiger partial charge < -0.3 is 10.9 Å². The van der Waals surface area contributed by atoms with Gasteiger partial charge >= 0.3 is 0 Å². The highest BCUT2D eigenvalue weighted by molar-refractivity contribution is 6.11. The zero-order chi connectivity index (χ0) is 11.7. The second-order valence-corrected chi connectivity index (χ2v) is 3.43. The highest BCUT2D eigenvalue weighted by atomic mass is 19.1. The Hall–Kier alpha value is -2.17. The van der Waals surface area contributed by atoms with Crippen molar-refractivity contribution in [3.63, 3.8) is 0 Å². The number of aromatic nitrogens is 1. The highest BCUT2D eigenvalue weighted by Crippen LogP contribution is 2.24. The first kappa shape index (κ1) is 10.4. The molecule has 0 amide bonds. The van der Waals surface area contributed by atoms with Crippen molar-refractivity contribution in [1.82, 2.24) is 4.98 Å². The van der Waals surface area contributed by atoms with Gasteiger partial charge in [0.25, 0.3) is 0 Å². The number of halogens is 1. The van der Waals surface area contributed by atoms with Crippen LogP contribution >= 0.6 is 0 Å². The van der Waals surface area contributed by atoms with Crippen LogP contribution in [0.25, 0.3) is 10.8 Å². The van der Waals surface area contributed by atoms with Gasteiger partial charge in [-0.1, -0.05) is 5.16 Å². The fourth-order valence-corrected chi connectivity index (χ4v) is 1.58. The lowest BCUT2D eigenvalue weighted by Crippen LogP contribution is -2.01. The lowest BCUT2D eigenvalue weighted by atomic mass is 10.0. The normalized spacial score (nSPS) is 12.0. The minimum absolute atomic E-state index is 0.324.